The summed E-state index contributed by atoms with van der Waals surface area (Å²) in [5, 5.41) is 12.3. The van der Waals surface area contributed by atoms with Crippen LogP contribution in [0, 0.1) is 5.92 Å². The first-order chi connectivity index (χ1) is 10.8. The van der Waals surface area contributed by atoms with Crippen molar-refractivity contribution in [1.29, 1.82) is 0 Å². The Morgan fingerprint density at radius 1 is 1.36 bits per heavy atom. The minimum Gasteiger partial charge on any atom is -0.395 e. The third-order valence-corrected chi connectivity index (χ3v) is 4.32. The van der Waals surface area contributed by atoms with Crippen LogP contribution in [0.15, 0.2) is 43.0 Å². The maximum atomic E-state index is 12.5. The Hall–Kier alpha value is -1.81. The Morgan fingerprint density at radius 3 is 2.64 bits per heavy atom. The molecule has 1 aromatic carbocycles. The summed E-state index contributed by atoms with van der Waals surface area (Å²) in [5.41, 5.74) is 1.16. The monoisotopic (exact) mass is 302 g/mol. The normalized spacial score (nSPS) is 16.2. The summed E-state index contributed by atoms with van der Waals surface area (Å²) in [5.74, 6) is 0.492. The molecule has 0 heterocycles. The predicted molar refractivity (Wildman–Crippen MR) is 88.5 cm³/mol. The van der Waals surface area contributed by atoms with E-state index >= 15 is 0 Å². The van der Waals surface area contributed by atoms with Crippen molar-refractivity contribution in [2.24, 2.45) is 5.92 Å². The standard InChI is InChI=1S/C18H26N2O2/c1-2-12-20(13-14-21)18(22)19-17(16-10-6-7-11-16)15-8-4-3-5-9-15/h2-5,8-9,16-17,21H,1,6-7,10-14H2,(H,19,22). The SMILES string of the molecule is C=CCN(CCO)C(=O)NC(c1ccccc1)C1CCCC1. The third kappa shape index (κ3) is 4.34. The number of aliphatic hydroxyl groups is 1. The van der Waals surface area contributed by atoms with Crippen molar-refractivity contribution in [2.45, 2.75) is 31.7 Å². The predicted octanol–water partition coefficient (Wildman–Crippen LogP) is 3.11. The first-order valence-electron chi connectivity index (χ1n) is 8.08. The van der Waals surface area contributed by atoms with Gasteiger partial charge in [0.1, 0.15) is 0 Å². The van der Waals surface area contributed by atoms with E-state index in [4.69, 9.17) is 5.11 Å². The van der Waals surface area contributed by atoms with E-state index in [1.54, 1.807) is 11.0 Å². The van der Waals surface area contributed by atoms with Crippen molar-refractivity contribution in [1.82, 2.24) is 10.2 Å². The summed E-state index contributed by atoms with van der Waals surface area (Å²) in [6.45, 7) is 4.40. The molecule has 1 fully saturated rings. The van der Waals surface area contributed by atoms with Crippen LogP contribution in [0.25, 0.3) is 0 Å². The van der Waals surface area contributed by atoms with Crippen molar-refractivity contribution in [2.75, 3.05) is 19.7 Å². The number of carbonyl (C=O) groups excluding carboxylic acids is 1. The van der Waals surface area contributed by atoms with Gasteiger partial charge in [0.05, 0.1) is 12.6 Å². The fraction of sp³-hybridized carbons (Fsp3) is 0.500. The number of carbonyl (C=O) groups is 1. The fourth-order valence-corrected chi connectivity index (χ4v) is 3.20. The zero-order valence-corrected chi connectivity index (χ0v) is 13.1. The van der Waals surface area contributed by atoms with Crippen molar-refractivity contribution < 1.29 is 9.90 Å². The fourth-order valence-electron chi connectivity index (χ4n) is 3.20. The molecule has 1 unspecified atom stereocenters. The Kier molecular flexibility index (Phi) is 6.46. The van der Waals surface area contributed by atoms with E-state index < -0.39 is 0 Å². The number of nitrogens with one attached hydrogen (secondary N) is 1. The molecule has 2 amide bonds. The summed E-state index contributed by atoms with van der Waals surface area (Å²) < 4.78 is 0. The van der Waals surface area contributed by atoms with Gasteiger partial charge in [0.25, 0.3) is 0 Å². The van der Waals surface area contributed by atoms with Gasteiger partial charge in [-0.1, -0.05) is 49.2 Å². The second-order valence-corrected chi connectivity index (χ2v) is 5.84. The number of urea groups is 1. The second kappa shape index (κ2) is 8.59. The topological polar surface area (TPSA) is 52.6 Å². The van der Waals surface area contributed by atoms with E-state index in [1.165, 1.54) is 12.8 Å². The largest absolute Gasteiger partial charge is 0.395 e. The maximum absolute atomic E-state index is 12.5. The van der Waals surface area contributed by atoms with Crippen LogP contribution in [0.3, 0.4) is 0 Å². The van der Waals surface area contributed by atoms with Crippen LogP contribution in [0.1, 0.15) is 37.3 Å². The summed E-state index contributed by atoms with van der Waals surface area (Å²) in [4.78, 5) is 14.1. The summed E-state index contributed by atoms with van der Waals surface area (Å²) in [6, 6.07) is 10.1. The van der Waals surface area contributed by atoms with Crippen LogP contribution >= 0.6 is 0 Å². The van der Waals surface area contributed by atoms with Crippen LogP contribution in [0.4, 0.5) is 4.79 Å². The molecular formula is C18H26N2O2. The van der Waals surface area contributed by atoms with Crippen molar-refractivity contribution in [3.8, 4) is 0 Å². The number of amides is 2. The van der Waals surface area contributed by atoms with Crippen LogP contribution in [-0.2, 0) is 0 Å². The smallest absolute Gasteiger partial charge is 0.318 e. The van der Waals surface area contributed by atoms with Gasteiger partial charge in [0.15, 0.2) is 0 Å². The highest BCUT2D eigenvalue weighted by molar-refractivity contribution is 5.75. The van der Waals surface area contributed by atoms with Gasteiger partial charge in [-0.05, 0) is 24.3 Å². The van der Waals surface area contributed by atoms with Gasteiger partial charge >= 0.3 is 6.03 Å². The summed E-state index contributed by atoms with van der Waals surface area (Å²) >= 11 is 0. The quantitative estimate of drug-likeness (QED) is 0.760. The maximum Gasteiger partial charge on any atom is 0.318 e. The van der Waals surface area contributed by atoms with Gasteiger partial charge in [0.2, 0.25) is 0 Å². The van der Waals surface area contributed by atoms with Gasteiger partial charge in [-0.3, -0.25) is 0 Å². The number of rotatable bonds is 7. The molecule has 0 aromatic heterocycles. The highest BCUT2D eigenvalue weighted by Crippen LogP contribution is 2.35. The van der Waals surface area contributed by atoms with Crippen LogP contribution in [-0.4, -0.2) is 35.7 Å². The highest BCUT2D eigenvalue weighted by atomic mass is 16.3. The van der Waals surface area contributed by atoms with Gasteiger partial charge in [-0.2, -0.15) is 0 Å². The van der Waals surface area contributed by atoms with Gasteiger partial charge in [-0.25, -0.2) is 4.79 Å². The van der Waals surface area contributed by atoms with Gasteiger partial charge in [0, 0.05) is 13.1 Å². The third-order valence-electron chi connectivity index (χ3n) is 4.32. The molecule has 1 aliphatic rings. The van der Waals surface area contributed by atoms with Crippen LogP contribution < -0.4 is 5.32 Å². The van der Waals surface area contributed by atoms with Gasteiger partial charge in [-0.15, -0.1) is 6.58 Å². The van der Waals surface area contributed by atoms with Crippen molar-refractivity contribution in [3.05, 3.63) is 48.6 Å². The number of nitrogens with zero attached hydrogens (tertiary/aromatic N) is 1. The molecule has 2 rings (SSSR count). The Bertz CT molecular complexity index is 469. The molecule has 120 valence electrons. The van der Waals surface area contributed by atoms with E-state index in [2.05, 4.69) is 24.0 Å². The molecule has 22 heavy (non-hydrogen) atoms. The van der Waals surface area contributed by atoms with E-state index in [1.807, 2.05) is 18.2 Å². The Morgan fingerprint density at radius 2 is 2.05 bits per heavy atom. The first kappa shape index (κ1) is 16.6. The van der Waals surface area contributed by atoms with Crippen LogP contribution in [0.5, 0.6) is 0 Å². The highest BCUT2D eigenvalue weighted by Gasteiger charge is 2.28. The Labute approximate surface area is 132 Å². The lowest BCUT2D eigenvalue weighted by molar-refractivity contribution is 0.176. The summed E-state index contributed by atoms with van der Waals surface area (Å²) in [7, 11) is 0. The van der Waals surface area contributed by atoms with Crippen LogP contribution in [0.2, 0.25) is 0 Å². The minimum atomic E-state index is -0.130. The molecule has 4 nitrogen and oxygen atoms in total. The van der Waals surface area contributed by atoms with E-state index in [0.29, 0.717) is 19.0 Å². The molecule has 0 saturated heterocycles. The van der Waals surface area contributed by atoms with E-state index in [-0.39, 0.29) is 18.7 Å². The number of hydrogen-bond donors (Lipinski definition) is 2. The van der Waals surface area contributed by atoms with E-state index in [9.17, 15) is 4.79 Å². The zero-order valence-electron chi connectivity index (χ0n) is 13.1. The molecule has 1 aromatic rings. The summed E-state index contributed by atoms with van der Waals surface area (Å²) in [6.07, 6.45) is 6.46. The molecule has 1 saturated carbocycles. The molecule has 1 aliphatic carbocycles. The minimum absolute atomic E-state index is 0.0410. The molecule has 4 heteroatoms. The average molecular weight is 302 g/mol. The molecule has 0 aliphatic heterocycles. The molecule has 0 radical (unpaired) electrons. The molecule has 0 spiro atoms. The van der Waals surface area contributed by atoms with E-state index in [0.717, 1.165) is 18.4 Å². The first-order valence-corrected chi connectivity index (χ1v) is 8.08. The number of aliphatic hydroxyl groups excluding tert-OH is 1. The lowest BCUT2D eigenvalue weighted by atomic mass is 9.92. The lowest BCUT2D eigenvalue weighted by Gasteiger charge is -2.29. The van der Waals surface area contributed by atoms with Crippen molar-refractivity contribution in [3.63, 3.8) is 0 Å². The number of benzene rings is 1. The zero-order chi connectivity index (χ0) is 15.8. The molecule has 1 atom stereocenters. The average Bonchev–Trinajstić information content (AvgIpc) is 3.07. The lowest BCUT2D eigenvalue weighted by Crippen LogP contribution is -2.44. The van der Waals surface area contributed by atoms with Gasteiger partial charge < -0.3 is 15.3 Å². The molecule has 0 bridgehead atoms. The molecular weight excluding hydrogens is 276 g/mol. The Balaban J connectivity index is 2.11. The van der Waals surface area contributed by atoms with Crippen molar-refractivity contribution >= 4 is 6.03 Å². The second-order valence-electron chi connectivity index (χ2n) is 5.84. The molecule has 2 N–H and O–H groups in total. The number of hydrogen-bond acceptors (Lipinski definition) is 2.